The number of rotatable bonds is 4. The molecule has 0 fully saturated rings. The van der Waals surface area contributed by atoms with Gasteiger partial charge in [0.2, 0.25) is 0 Å². The predicted molar refractivity (Wildman–Crippen MR) is 74.1 cm³/mol. The van der Waals surface area contributed by atoms with Crippen LogP contribution in [0.5, 0.6) is 5.75 Å². The smallest absolute Gasteiger partial charge is 0.261 e. The lowest BCUT2D eigenvalue weighted by Gasteiger charge is -2.18. The van der Waals surface area contributed by atoms with E-state index in [1.165, 1.54) is 0 Å². The van der Waals surface area contributed by atoms with Gasteiger partial charge in [-0.05, 0) is 49.9 Å². The molecule has 0 radical (unpaired) electrons. The van der Waals surface area contributed by atoms with E-state index in [4.69, 9.17) is 15.4 Å². The van der Waals surface area contributed by atoms with Crippen molar-refractivity contribution < 1.29 is 13.2 Å². The SMILES string of the molecule is Cc1cc(OC(C)C)c(C(C)C)cc1S(=O)(=O)Cl. The summed E-state index contributed by atoms with van der Waals surface area (Å²) in [5.41, 5.74) is 1.46. The number of aryl methyl sites for hydroxylation is 1. The molecule has 102 valence electrons. The lowest BCUT2D eigenvalue weighted by atomic mass is 10.0. The second-order valence-corrected chi connectivity index (χ2v) is 7.45. The van der Waals surface area contributed by atoms with Gasteiger partial charge in [0.05, 0.1) is 11.0 Å². The molecule has 1 aromatic carbocycles. The largest absolute Gasteiger partial charge is 0.491 e. The second kappa shape index (κ2) is 5.49. The molecule has 0 bridgehead atoms. The normalized spacial score (nSPS) is 12.2. The maximum atomic E-state index is 11.5. The van der Waals surface area contributed by atoms with Crippen molar-refractivity contribution in [2.45, 2.75) is 51.5 Å². The van der Waals surface area contributed by atoms with Crippen LogP contribution in [-0.2, 0) is 9.05 Å². The van der Waals surface area contributed by atoms with Gasteiger partial charge in [-0.25, -0.2) is 8.42 Å². The Morgan fingerprint density at radius 2 is 1.72 bits per heavy atom. The molecule has 0 atom stereocenters. The lowest BCUT2D eigenvalue weighted by molar-refractivity contribution is 0.239. The average Bonchev–Trinajstić information content (AvgIpc) is 2.13. The van der Waals surface area contributed by atoms with Crippen molar-refractivity contribution in [3.8, 4) is 5.75 Å². The maximum Gasteiger partial charge on any atom is 0.261 e. The molecule has 0 aromatic heterocycles. The third kappa shape index (κ3) is 3.62. The molecule has 0 aliphatic heterocycles. The lowest BCUT2D eigenvalue weighted by Crippen LogP contribution is -2.09. The highest BCUT2D eigenvalue weighted by Gasteiger charge is 2.19. The molecule has 1 aromatic rings. The van der Waals surface area contributed by atoms with Crippen LogP contribution in [0.25, 0.3) is 0 Å². The van der Waals surface area contributed by atoms with Crippen molar-refractivity contribution >= 4 is 19.7 Å². The van der Waals surface area contributed by atoms with Crippen LogP contribution in [0.1, 0.15) is 44.7 Å². The predicted octanol–water partition coefficient (Wildman–Crippen LogP) is 3.83. The summed E-state index contributed by atoms with van der Waals surface area (Å²) in [6, 6.07) is 3.35. The fraction of sp³-hybridized carbons (Fsp3) is 0.538. The first-order chi connectivity index (χ1) is 8.12. The van der Waals surface area contributed by atoms with Gasteiger partial charge in [0.1, 0.15) is 5.75 Å². The van der Waals surface area contributed by atoms with Crippen molar-refractivity contribution in [3.05, 3.63) is 23.3 Å². The van der Waals surface area contributed by atoms with Crippen LogP contribution in [0.4, 0.5) is 0 Å². The van der Waals surface area contributed by atoms with E-state index in [1.54, 1.807) is 19.1 Å². The molecule has 18 heavy (non-hydrogen) atoms. The van der Waals surface area contributed by atoms with Crippen LogP contribution in [0.2, 0.25) is 0 Å². The van der Waals surface area contributed by atoms with E-state index >= 15 is 0 Å². The van der Waals surface area contributed by atoms with Crippen LogP contribution in [0.15, 0.2) is 17.0 Å². The monoisotopic (exact) mass is 290 g/mol. The van der Waals surface area contributed by atoms with Crippen LogP contribution in [-0.4, -0.2) is 14.5 Å². The minimum Gasteiger partial charge on any atom is -0.491 e. The van der Waals surface area contributed by atoms with Crippen molar-refractivity contribution in [2.75, 3.05) is 0 Å². The number of hydrogen-bond donors (Lipinski definition) is 0. The van der Waals surface area contributed by atoms with E-state index in [2.05, 4.69) is 0 Å². The van der Waals surface area contributed by atoms with Gasteiger partial charge in [0, 0.05) is 10.7 Å². The van der Waals surface area contributed by atoms with E-state index < -0.39 is 9.05 Å². The van der Waals surface area contributed by atoms with Crippen LogP contribution in [0, 0.1) is 6.92 Å². The van der Waals surface area contributed by atoms with Gasteiger partial charge in [-0.15, -0.1) is 0 Å². The molecule has 0 aliphatic rings. The molecule has 0 N–H and O–H groups in total. The highest BCUT2D eigenvalue weighted by molar-refractivity contribution is 8.13. The highest BCUT2D eigenvalue weighted by Crippen LogP contribution is 2.33. The molecule has 0 aliphatic carbocycles. The Morgan fingerprint density at radius 1 is 1.17 bits per heavy atom. The molecule has 1 rings (SSSR count). The molecule has 5 heteroatoms. The molecule has 0 heterocycles. The Balaban J connectivity index is 3.44. The van der Waals surface area contributed by atoms with Gasteiger partial charge in [-0.2, -0.15) is 0 Å². The summed E-state index contributed by atoms with van der Waals surface area (Å²) in [5.74, 6) is 0.887. The van der Waals surface area contributed by atoms with Gasteiger partial charge in [-0.3, -0.25) is 0 Å². The highest BCUT2D eigenvalue weighted by atomic mass is 35.7. The zero-order chi connectivity index (χ0) is 14.1. The molecule has 0 saturated carbocycles. The fourth-order valence-corrected chi connectivity index (χ4v) is 2.96. The summed E-state index contributed by atoms with van der Waals surface area (Å²) in [4.78, 5) is 0.156. The first-order valence-electron chi connectivity index (χ1n) is 5.88. The number of benzene rings is 1. The van der Waals surface area contributed by atoms with Gasteiger partial charge in [0.15, 0.2) is 0 Å². The van der Waals surface area contributed by atoms with Crippen molar-refractivity contribution in [3.63, 3.8) is 0 Å². The van der Waals surface area contributed by atoms with Crippen LogP contribution in [0.3, 0.4) is 0 Å². The van der Waals surface area contributed by atoms with E-state index in [0.29, 0.717) is 5.56 Å². The maximum absolute atomic E-state index is 11.5. The van der Waals surface area contributed by atoms with E-state index in [0.717, 1.165) is 11.3 Å². The topological polar surface area (TPSA) is 43.4 Å². The Labute approximate surface area is 114 Å². The number of hydrogen-bond acceptors (Lipinski definition) is 3. The molecular weight excluding hydrogens is 272 g/mol. The molecule has 0 spiro atoms. The van der Waals surface area contributed by atoms with Crippen LogP contribution < -0.4 is 4.74 Å². The summed E-state index contributed by atoms with van der Waals surface area (Å²) in [5, 5.41) is 0. The summed E-state index contributed by atoms with van der Waals surface area (Å²) in [7, 11) is 1.71. The van der Waals surface area contributed by atoms with Crippen molar-refractivity contribution in [1.82, 2.24) is 0 Å². The average molecular weight is 291 g/mol. The van der Waals surface area contributed by atoms with E-state index in [1.807, 2.05) is 27.7 Å². The Kier molecular flexibility index (Phi) is 4.67. The summed E-state index contributed by atoms with van der Waals surface area (Å²) in [6.07, 6.45) is 0.0420. The Morgan fingerprint density at radius 3 is 2.11 bits per heavy atom. The number of halogens is 1. The molecule has 0 amide bonds. The van der Waals surface area contributed by atoms with Crippen molar-refractivity contribution in [1.29, 1.82) is 0 Å². The zero-order valence-electron chi connectivity index (χ0n) is 11.3. The molecule has 0 unspecified atom stereocenters. The minimum atomic E-state index is -3.72. The zero-order valence-corrected chi connectivity index (χ0v) is 12.9. The van der Waals surface area contributed by atoms with Crippen LogP contribution >= 0.6 is 10.7 Å². The third-order valence-corrected chi connectivity index (χ3v) is 4.02. The van der Waals surface area contributed by atoms with Gasteiger partial charge in [0.25, 0.3) is 9.05 Å². The van der Waals surface area contributed by atoms with Gasteiger partial charge in [-0.1, -0.05) is 13.8 Å². The van der Waals surface area contributed by atoms with Gasteiger partial charge >= 0.3 is 0 Å². The minimum absolute atomic E-state index is 0.0420. The van der Waals surface area contributed by atoms with E-state index in [9.17, 15) is 8.42 Å². The Bertz CT molecular complexity index is 533. The quantitative estimate of drug-likeness (QED) is 0.792. The second-order valence-electron chi connectivity index (χ2n) is 4.91. The first-order valence-corrected chi connectivity index (χ1v) is 8.19. The Hall–Kier alpha value is -0.740. The standard InChI is InChI=1S/C13H19ClO3S/c1-8(2)11-7-13(18(14,15)16)10(5)6-12(11)17-9(3)4/h6-9H,1-5H3. The first kappa shape index (κ1) is 15.3. The molecule has 0 saturated heterocycles. The summed E-state index contributed by atoms with van der Waals surface area (Å²) >= 11 is 0. The van der Waals surface area contributed by atoms with E-state index in [-0.39, 0.29) is 16.9 Å². The number of ether oxygens (including phenoxy) is 1. The molecular formula is C13H19ClO3S. The summed E-state index contributed by atoms with van der Waals surface area (Å²) < 4.78 is 28.7. The van der Waals surface area contributed by atoms with Gasteiger partial charge < -0.3 is 4.74 Å². The fourth-order valence-electron chi connectivity index (χ4n) is 1.75. The third-order valence-electron chi connectivity index (χ3n) is 2.55. The summed E-state index contributed by atoms with van der Waals surface area (Å²) in [6.45, 7) is 9.56. The van der Waals surface area contributed by atoms with Crippen molar-refractivity contribution in [2.24, 2.45) is 0 Å². The molecule has 3 nitrogen and oxygen atoms in total.